The van der Waals surface area contributed by atoms with Crippen LogP contribution in [0.15, 0.2) is 22.7 Å². The zero-order valence-electron chi connectivity index (χ0n) is 10.4. The molecule has 0 radical (unpaired) electrons. The van der Waals surface area contributed by atoms with Crippen LogP contribution < -0.4 is 5.73 Å². The molecule has 5 heteroatoms. The first-order valence-corrected chi connectivity index (χ1v) is 6.87. The minimum Gasteiger partial charge on any atom is -0.398 e. The van der Waals surface area contributed by atoms with Gasteiger partial charge in [-0.3, -0.25) is 4.79 Å². The second kappa shape index (κ2) is 5.71. The third-order valence-electron chi connectivity index (χ3n) is 3.22. The number of ether oxygens (including phenoxy) is 1. The number of hydrogen-bond donors (Lipinski definition) is 1. The van der Waals surface area contributed by atoms with Crippen LogP contribution in [-0.2, 0) is 4.74 Å². The second-order valence-corrected chi connectivity index (χ2v) is 5.14. The highest BCUT2D eigenvalue weighted by molar-refractivity contribution is 9.10. The molecular weight excluding hydrogens is 296 g/mol. The topological polar surface area (TPSA) is 55.6 Å². The normalized spacial score (nSPS) is 19.9. The van der Waals surface area contributed by atoms with E-state index in [-0.39, 0.29) is 11.9 Å². The lowest BCUT2D eigenvalue weighted by Gasteiger charge is -2.35. The summed E-state index contributed by atoms with van der Waals surface area (Å²) >= 11 is 3.39. The van der Waals surface area contributed by atoms with Crippen LogP contribution in [0.1, 0.15) is 23.7 Å². The van der Waals surface area contributed by atoms with Crippen LogP contribution in [0.2, 0.25) is 0 Å². The van der Waals surface area contributed by atoms with Crippen molar-refractivity contribution in [2.75, 3.05) is 25.5 Å². The molecule has 1 amide bonds. The first-order chi connectivity index (χ1) is 8.65. The van der Waals surface area contributed by atoms with Gasteiger partial charge >= 0.3 is 0 Å². The van der Waals surface area contributed by atoms with E-state index in [9.17, 15) is 4.79 Å². The lowest BCUT2D eigenvalue weighted by atomic mass is 10.1. The minimum absolute atomic E-state index is 0.0179. The highest BCUT2D eigenvalue weighted by Crippen LogP contribution is 2.26. The Morgan fingerprint density at radius 2 is 2.39 bits per heavy atom. The predicted octanol–water partition coefficient (Wildman–Crippen LogP) is 2.28. The molecule has 1 saturated heterocycles. The van der Waals surface area contributed by atoms with Crippen molar-refractivity contribution in [3.63, 3.8) is 0 Å². The number of carbonyl (C=O) groups is 1. The predicted molar refractivity (Wildman–Crippen MR) is 74.5 cm³/mol. The number of morpholine rings is 1. The lowest BCUT2D eigenvalue weighted by Crippen LogP contribution is -2.48. The molecule has 18 heavy (non-hydrogen) atoms. The maximum absolute atomic E-state index is 12.5. The average molecular weight is 313 g/mol. The Morgan fingerprint density at radius 3 is 3.11 bits per heavy atom. The Hall–Kier alpha value is -1.07. The lowest BCUT2D eigenvalue weighted by molar-refractivity contribution is -0.00284. The molecule has 98 valence electrons. The molecule has 0 aliphatic carbocycles. The Labute approximate surface area is 115 Å². The van der Waals surface area contributed by atoms with Gasteiger partial charge in [-0.2, -0.15) is 0 Å². The van der Waals surface area contributed by atoms with E-state index in [1.54, 1.807) is 18.2 Å². The largest absolute Gasteiger partial charge is 0.398 e. The summed E-state index contributed by atoms with van der Waals surface area (Å²) in [6.45, 7) is 3.91. The number of hydrogen-bond acceptors (Lipinski definition) is 3. The van der Waals surface area contributed by atoms with Crippen LogP contribution in [0.3, 0.4) is 0 Å². The number of carbonyl (C=O) groups excluding carboxylic acids is 1. The fourth-order valence-electron chi connectivity index (χ4n) is 2.13. The molecule has 0 saturated carbocycles. The molecular formula is C13H17BrN2O2. The highest BCUT2D eigenvalue weighted by atomic mass is 79.9. The van der Waals surface area contributed by atoms with Crippen molar-refractivity contribution in [2.45, 2.75) is 19.4 Å². The monoisotopic (exact) mass is 312 g/mol. The molecule has 0 aromatic heterocycles. The molecule has 1 heterocycles. The van der Waals surface area contributed by atoms with Crippen LogP contribution in [-0.4, -0.2) is 36.6 Å². The van der Waals surface area contributed by atoms with Crippen molar-refractivity contribution in [3.8, 4) is 0 Å². The zero-order chi connectivity index (χ0) is 13.1. The Morgan fingerprint density at radius 1 is 1.61 bits per heavy atom. The number of nitrogens with zero attached hydrogens (tertiary/aromatic N) is 1. The van der Waals surface area contributed by atoms with Crippen molar-refractivity contribution in [1.29, 1.82) is 0 Å². The van der Waals surface area contributed by atoms with Gasteiger partial charge in [0.05, 0.1) is 29.3 Å². The average Bonchev–Trinajstić information content (AvgIpc) is 2.41. The van der Waals surface area contributed by atoms with E-state index in [4.69, 9.17) is 10.5 Å². The zero-order valence-corrected chi connectivity index (χ0v) is 11.9. The number of rotatable bonds is 2. The fraction of sp³-hybridized carbons (Fsp3) is 0.462. The van der Waals surface area contributed by atoms with Gasteiger partial charge in [-0.05, 0) is 34.5 Å². The van der Waals surface area contributed by atoms with Crippen LogP contribution in [0, 0.1) is 0 Å². The van der Waals surface area contributed by atoms with E-state index < -0.39 is 0 Å². The van der Waals surface area contributed by atoms with E-state index in [0.717, 1.165) is 6.42 Å². The molecule has 1 aromatic carbocycles. The van der Waals surface area contributed by atoms with E-state index in [0.29, 0.717) is 35.5 Å². The Bertz CT molecular complexity index is 451. The summed E-state index contributed by atoms with van der Waals surface area (Å²) in [4.78, 5) is 14.4. The third-order valence-corrected chi connectivity index (χ3v) is 4.10. The smallest absolute Gasteiger partial charge is 0.255 e. The molecule has 2 N–H and O–H groups in total. The molecule has 1 aliphatic heterocycles. The van der Waals surface area contributed by atoms with E-state index >= 15 is 0 Å². The van der Waals surface area contributed by atoms with Crippen molar-refractivity contribution >= 4 is 27.5 Å². The summed E-state index contributed by atoms with van der Waals surface area (Å²) in [7, 11) is 0. The first kappa shape index (κ1) is 13.4. The summed E-state index contributed by atoms with van der Waals surface area (Å²) in [5, 5.41) is 0. The van der Waals surface area contributed by atoms with Gasteiger partial charge in [0.1, 0.15) is 0 Å². The summed E-state index contributed by atoms with van der Waals surface area (Å²) < 4.78 is 6.09. The van der Waals surface area contributed by atoms with Gasteiger partial charge in [-0.25, -0.2) is 0 Å². The summed E-state index contributed by atoms with van der Waals surface area (Å²) in [5.41, 5.74) is 7.02. The van der Waals surface area contributed by atoms with Gasteiger partial charge in [0, 0.05) is 12.2 Å². The Balaban J connectivity index is 2.27. The fourth-order valence-corrected chi connectivity index (χ4v) is 2.56. The third kappa shape index (κ3) is 2.52. The van der Waals surface area contributed by atoms with Crippen LogP contribution in [0.5, 0.6) is 0 Å². The van der Waals surface area contributed by atoms with Crippen LogP contribution in [0.4, 0.5) is 5.69 Å². The molecule has 1 atom stereocenters. The van der Waals surface area contributed by atoms with E-state index in [1.807, 2.05) is 4.90 Å². The summed E-state index contributed by atoms with van der Waals surface area (Å²) in [6.07, 6.45) is 0.895. The second-order valence-electron chi connectivity index (χ2n) is 4.34. The maximum atomic E-state index is 12.5. The Kier molecular flexibility index (Phi) is 4.24. The summed E-state index contributed by atoms with van der Waals surface area (Å²) in [5.74, 6) is 0.0179. The molecule has 0 bridgehead atoms. The molecule has 1 unspecified atom stereocenters. The number of benzene rings is 1. The van der Waals surface area contributed by atoms with Gasteiger partial charge in [0.25, 0.3) is 5.91 Å². The maximum Gasteiger partial charge on any atom is 0.255 e. The summed E-state index contributed by atoms with van der Waals surface area (Å²) in [6, 6.07) is 5.52. The molecule has 1 fully saturated rings. The number of anilines is 1. The SMILES string of the molecule is CCC1COCCN1C(=O)c1cccc(N)c1Br. The van der Waals surface area contributed by atoms with Crippen molar-refractivity contribution < 1.29 is 9.53 Å². The van der Waals surface area contributed by atoms with Crippen LogP contribution >= 0.6 is 15.9 Å². The van der Waals surface area contributed by atoms with Gasteiger partial charge in [-0.15, -0.1) is 0 Å². The van der Waals surface area contributed by atoms with Crippen molar-refractivity contribution in [1.82, 2.24) is 4.90 Å². The van der Waals surface area contributed by atoms with E-state index in [2.05, 4.69) is 22.9 Å². The number of halogens is 1. The molecule has 4 nitrogen and oxygen atoms in total. The number of amides is 1. The molecule has 0 spiro atoms. The number of nitrogens with two attached hydrogens (primary N) is 1. The van der Waals surface area contributed by atoms with Gasteiger partial charge in [0.15, 0.2) is 0 Å². The first-order valence-electron chi connectivity index (χ1n) is 6.07. The van der Waals surface area contributed by atoms with E-state index in [1.165, 1.54) is 0 Å². The molecule has 2 rings (SSSR count). The standard InChI is InChI=1S/C13H17BrN2O2/c1-2-9-8-18-7-6-16(9)13(17)10-4-3-5-11(15)12(10)14/h3-5,9H,2,6-8,15H2,1H3. The quantitative estimate of drug-likeness (QED) is 0.852. The minimum atomic E-state index is 0.0179. The van der Waals surface area contributed by atoms with Gasteiger partial charge < -0.3 is 15.4 Å². The van der Waals surface area contributed by atoms with Crippen LogP contribution in [0.25, 0.3) is 0 Å². The number of nitrogen functional groups attached to an aromatic ring is 1. The van der Waals surface area contributed by atoms with Crippen molar-refractivity contribution in [2.24, 2.45) is 0 Å². The highest BCUT2D eigenvalue weighted by Gasteiger charge is 2.28. The van der Waals surface area contributed by atoms with Gasteiger partial charge in [0.2, 0.25) is 0 Å². The van der Waals surface area contributed by atoms with Crippen molar-refractivity contribution in [3.05, 3.63) is 28.2 Å². The molecule has 1 aromatic rings. The molecule has 1 aliphatic rings. The van der Waals surface area contributed by atoms with Gasteiger partial charge in [-0.1, -0.05) is 13.0 Å².